The van der Waals surface area contributed by atoms with Crippen molar-refractivity contribution in [3.8, 4) is 11.4 Å². The maximum absolute atomic E-state index is 15.6. The molecule has 4 amide bonds. The van der Waals surface area contributed by atoms with E-state index in [1.165, 1.54) is 49.4 Å². The highest BCUT2D eigenvalue weighted by molar-refractivity contribution is 6.05. The molecule has 5 aromatic rings. The molecule has 0 radical (unpaired) electrons. The summed E-state index contributed by atoms with van der Waals surface area (Å²) in [6.45, 7) is 5.46. The maximum atomic E-state index is 15.6. The Morgan fingerprint density at radius 1 is 0.843 bits per heavy atom. The Balaban J connectivity index is 0.946. The third kappa shape index (κ3) is 15.3. The average Bonchev–Trinajstić information content (AvgIpc) is 4.12. The summed E-state index contributed by atoms with van der Waals surface area (Å²) in [4.78, 5) is 108. The topological polar surface area (TPSA) is 422 Å². The first-order valence-corrected chi connectivity index (χ1v) is 26.8. The minimum Gasteiger partial charge on any atom is -0.444 e. The number of nitrogens with two attached hydrogens (primary N) is 1. The molecule has 2 aromatic heterocycles. The van der Waals surface area contributed by atoms with E-state index in [1.54, 1.807) is 13.8 Å². The van der Waals surface area contributed by atoms with Crippen molar-refractivity contribution >= 4 is 74.4 Å². The Kier molecular flexibility index (Phi) is 21.2. The zero-order valence-electron chi connectivity index (χ0n) is 45.8. The lowest BCUT2D eigenvalue weighted by Crippen LogP contribution is -2.61. The molecule has 0 spiro atoms. The second kappa shape index (κ2) is 27.8. The number of hydrogen-bond acceptors (Lipinski definition) is 21. The molecule has 0 aliphatic carbocycles. The number of piperazine rings is 1. The predicted octanol–water partition coefficient (Wildman–Crippen LogP) is -0.903. The maximum Gasteiger partial charge on any atom is 0.412 e. The van der Waals surface area contributed by atoms with Gasteiger partial charge in [0.25, 0.3) is 5.56 Å². The number of anilines is 3. The number of benzene rings is 3. The van der Waals surface area contributed by atoms with E-state index in [9.17, 15) is 74.4 Å². The number of halogens is 1. The van der Waals surface area contributed by atoms with Crippen LogP contribution in [0.1, 0.15) is 45.6 Å². The largest absolute Gasteiger partial charge is 0.444 e. The van der Waals surface area contributed by atoms with Crippen LogP contribution in [0, 0.1) is 23.6 Å². The van der Waals surface area contributed by atoms with Crippen LogP contribution in [0.15, 0.2) is 65.5 Å². The summed E-state index contributed by atoms with van der Waals surface area (Å²) in [7, 11) is 2.06. The number of aliphatic hydroxyl groups excluding tert-OH is 8. The average molecular weight is 1160 g/mol. The number of amides is 4. The van der Waals surface area contributed by atoms with Gasteiger partial charge in [-0.2, -0.15) is 0 Å². The standard InChI is InChI=1S/C55H70FN9O18/c1-25(2)31(21-37(69)44(72)47(75)49(38(70)22-66)83-54-48(76)46(74)45(73)39(23-67)82-54)52(78)58-26(3)36(68)18-28(19-40(57)71)51(77)59-29-10-8-27(9-11-29)24-81-55(80)63-43-41-32(56)6-5-7-34(41)62-53(79)42(43)50-60-33-13-12-30(20-35(33)61-50)65-16-14-64(4)15-17-65/h5-13,20,25-26,28,31,38-39,44-49,54,66-67,70,72-76H,14-19,21-24H2,1-4H3,(H2,57,71)(H,58,78)(H,59,77)(H,60,61)(H2,62,63,79,80)/t26?,28?,31?,38-,39-,44+,45+,46+,47+,48-,49+,54+/m1/s1. The van der Waals surface area contributed by atoms with Gasteiger partial charge in [0, 0.05) is 62.7 Å². The summed E-state index contributed by atoms with van der Waals surface area (Å²) in [6, 6.07) is 14.3. The van der Waals surface area contributed by atoms with E-state index in [0.717, 1.165) is 31.9 Å². The Morgan fingerprint density at radius 3 is 2.19 bits per heavy atom. The van der Waals surface area contributed by atoms with Gasteiger partial charge in [-0.05, 0) is 67.9 Å². The molecule has 4 heterocycles. The highest BCUT2D eigenvalue weighted by Gasteiger charge is 2.48. The number of nitrogens with one attached hydrogen (secondary N) is 5. The molecule has 2 aliphatic heterocycles. The van der Waals surface area contributed by atoms with Gasteiger partial charge in [-0.1, -0.05) is 32.0 Å². The van der Waals surface area contributed by atoms with Gasteiger partial charge < -0.3 is 91.2 Å². The number of Topliss-reactive ketones (excluding diaryl/α,β-unsaturated/α-hetero) is 2. The third-order valence-corrected chi connectivity index (χ3v) is 14.7. The molecule has 7 rings (SSSR count). The van der Waals surface area contributed by atoms with Crippen LogP contribution in [0.25, 0.3) is 33.3 Å². The molecule has 0 saturated carbocycles. The van der Waals surface area contributed by atoms with Gasteiger partial charge in [0.05, 0.1) is 52.8 Å². The van der Waals surface area contributed by atoms with Crippen molar-refractivity contribution in [2.75, 3.05) is 62.0 Å². The van der Waals surface area contributed by atoms with Crippen molar-refractivity contribution in [3.63, 3.8) is 0 Å². The van der Waals surface area contributed by atoms with Gasteiger partial charge in [-0.25, -0.2) is 14.2 Å². The van der Waals surface area contributed by atoms with E-state index < -0.39 is 158 Å². The number of primary amides is 1. The Hall–Kier alpha value is -7.35. The van der Waals surface area contributed by atoms with Gasteiger partial charge in [-0.15, -0.1) is 0 Å². The number of ether oxygens (including phenoxy) is 3. The second-order valence-electron chi connectivity index (χ2n) is 21.1. The number of likely N-dealkylation sites (N-methyl/N-ethyl adjacent to an activating group) is 1. The zero-order chi connectivity index (χ0) is 60.6. The molecule has 12 atom stereocenters. The van der Waals surface area contributed by atoms with E-state index in [1.807, 2.05) is 18.2 Å². The number of pyridine rings is 1. The number of aliphatic hydroxyl groups is 8. The second-order valence-corrected chi connectivity index (χ2v) is 21.1. The highest BCUT2D eigenvalue weighted by Crippen LogP contribution is 2.34. The Morgan fingerprint density at radius 2 is 1.54 bits per heavy atom. The molecule has 3 aromatic carbocycles. The van der Waals surface area contributed by atoms with E-state index >= 15 is 4.39 Å². The van der Waals surface area contributed by atoms with Crippen LogP contribution in [0.2, 0.25) is 0 Å². The van der Waals surface area contributed by atoms with E-state index in [2.05, 4.69) is 47.7 Å². The van der Waals surface area contributed by atoms with Crippen molar-refractivity contribution in [1.29, 1.82) is 0 Å². The zero-order valence-corrected chi connectivity index (χ0v) is 45.8. The summed E-state index contributed by atoms with van der Waals surface area (Å²) in [5.41, 5.74) is 7.26. The number of nitrogens with zero attached hydrogens (tertiary/aromatic N) is 3. The molecule has 3 unspecified atom stereocenters. The fraction of sp³-hybridized carbons (Fsp3) is 0.491. The van der Waals surface area contributed by atoms with Gasteiger partial charge >= 0.3 is 6.09 Å². The minimum absolute atomic E-state index is 0.0706. The van der Waals surface area contributed by atoms with Crippen LogP contribution in [0.5, 0.6) is 0 Å². The van der Waals surface area contributed by atoms with Crippen LogP contribution in [0.4, 0.5) is 26.2 Å². The fourth-order valence-corrected chi connectivity index (χ4v) is 9.75. The molecule has 0 bridgehead atoms. The lowest BCUT2D eigenvalue weighted by atomic mass is 9.86. The van der Waals surface area contributed by atoms with Crippen LogP contribution in [-0.2, 0) is 44.8 Å². The van der Waals surface area contributed by atoms with Crippen LogP contribution >= 0.6 is 0 Å². The van der Waals surface area contributed by atoms with E-state index in [0.29, 0.717) is 16.6 Å². The molecule has 28 heteroatoms. The van der Waals surface area contributed by atoms with Gasteiger partial charge in [-0.3, -0.25) is 34.1 Å². The van der Waals surface area contributed by atoms with Crippen LogP contribution in [0.3, 0.4) is 0 Å². The molecule has 2 fully saturated rings. The monoisotopic (exact) mass is 1160 g/mol. The number of aromatic amines is 2. The molecular formula is C55H70FN9O18. The summed E-state index contributed by atoms with van der Waals surface area (Å²) >= 11 is 0. The Bertz CT molecular complexity index is 3190. The molecule has 15 N–H and O–H groups in total. The molecule has 450 valence electrons. The number of aromatic nitrogens is 3. The molecule has 2 aliphatic rings. The number of imidazole rings is 1. The highest BCUT2D eigenvalue weighted by atomic mass is 19.1. The van der Waals surface area contributed by atoms with Gasteiger partial charge in [0.2, 0.25) is 17.7 Å². The number of hydrogen-bond donors (Lipinski definition) is 14. The number of carbonyl (C=O) groups is 6. The quantitative estimate of drug-likeness (QED) is 0.0337. The third-order valence-electron chi connectivity index (χ3n) is 14.7. The van der Waals surface area contributed by atoms with Crippen molar-refractivity contribution in [2.45, 2.75) is 108 Å². The predicted molar refractivity (Wildman–Crippen MR) is 294 cm³/mol. The van der Waals surface area contributed by atoms with Crippen molar-refractivity contribution in [2.24, 2.45) is 23.5 Å². The van der Waals surface area contributed by atoms with Crippen molar-refractivity contribution < 1.29 is 88.2 Å². The van der Waals surface area contributed by atoms with Gasteiger partial charge in [0.1, 0.15) is 72.6 Å². The number of H-pyrrole nitrogens is 2. The summed E-state index contributed by atoms with van der Waals surface area (Å²) in [5.74, 6) is -8.40. The lowest BCUT2D eigenvalue weighted by Gasteiger charge is -2.42. The van der Waals surface area contributed by atoms with Crippen molar-refractivity contribution in [3.05, 3.63) is 82.4 Å². The lowest BCUT2D eigenvalue weighted by molar-refractivity contribution is -0.326. The normalized spacial score (nSPS) is 21.1. The van der Waals surface area contributed by atoms with E-state index in [4.69, 9.17) is 19.9 Å². The minimum atomic E-state index is -2.40. The smallest absolute Gasteiger partial charge is 0.412 e. The SMILES string of the molecule is CC(NC(=O)C(CC(=O)[C@H](O)[C@H](O)[C@@H](O[C@@H]1O[C@H](CO)[C@H](O)[C@H](O)[C@H]1O)[C@H](O)CO)C(C)C)C(=O)CC(CC(N)=O)C(=O)Nc1ccc(COC(=O)Nc2c(-c3nc4ccc(N5CCN(C)CC5)cc4[nH]3)c(=O)[nH]c3cccc(F)c23)cc1. The fourth-order valence-electron chi connectivity index (χ4n) is 9.75. The van der Waals surface area contributed by atoms with Crippen LogP contribution < -0.4 is 32.1 Å². The number of fused-ring (bicyclic) bond motifs is 2. The number of rotatable bonds is 25. The van der Waals surface area contributed by atoms with Crippen molar-refractivity contribution in [1.82, 2.24) is 25.2 Å². The molecule has 83 heavy (non-hydrogen) atoms. The number of carbonyl (C=O) groups excluding carboxylic acids is 6. The molecule has 2 saturated heterocycles. The summed E-state index contributed by atoms with van der Waals surface area (Å²) < 4.78 is 31.7. The summed E-state index contributed by atoms with van der Waals surface area (Å²) in [6.07, 6.45) is -21.1. The molecule has 27 nitrogen and oxygen atoms in total. The number of ketones is 2. The first kappa shape index (κ1) is 63.2. The van der Waals surface area contributed by atoms with Crippen LogP contribution in [-0.4, -0.2) is 204 Å². The summed E-state index contributed by atoms with van der Waals surface area (Å²) in [5, 5.41) is 89.7. The molecular weight excluding hydrogens is 1090 g/mol. The first-order chi connectivity index (χ1) is 39.4. The Labute approximate surface area is 473 Å². The van der Waals surface area contributed by atoms with Gasteiger partial charge in [0.15, 0.2) is 17.9 Å². The first-order valence-electron chi connectivity index (χ1n) is 26.8. The van der Waals surface area contributed by atoms with E-state index in [-0.39, 0.29) is 40.3 Å².